The lowest BCUT2D eigenvalue weighted by atomic mass is 9.91. The van der Waals surface area contributed by atoms with Crippen LogP contribution in [0.25, 0.3) is 0 Å². The van der Waals surface area contributed by atoms with E-state index in [1.807, 2.05) is 30.3 Å². The van der Waals surface area contributed by atoms with Crippen LogP contribution >= 0.6 is 0 Å². The topological polar surface area (TPSA) is 73.2 Å². The average molecular weight is 421 g/mol. The fraction of sp³-hybridized carbons (Fsp3) is 0.708. The Morgan fingerprint density at radius 3 is 2.37 bits per heavy atom. The first-order chi connectivity index (χ1) is 14.6. The predicted octanol–water partition coefficient (Wildman–Crippen LogP) is 4.37. The third-order valence-corrected chi connectivity index (χ3v) is 6.11. The number of rotatable bonds is 14. The third-order valence-electron chi connectivity index (χ3n) is 6.11. The molecule has 0 saturated heterocycles. The molecule has 0 heterocycles. The number of hydrogen-bond acceptors (Lipinski definition) is 4. The summed E-state index contributed by atoms with van der Waals surface area (Å²) in [5.41, 5.74) is 1.04. The molecule has 0 aliphatic heterocycles. The number of carboxylic acid groups (broad SMARTS) is 1. The summed E-state index contributed by atoms with van der Waals surface area (Å²) in [5.74, 6) is 0. The van der Waals surface area contributed by atoms with Gasteiger partial charge in [-0.1, -0.05) is 50.1 Å². The highest BCUT2D eigenvalue weighted by Gasteiger charge is 2.29. The van der Waals surface area contributed by atoms with E-state index >= 15 is 0 Å². The van der Waals surface area contributed by atoms with Crippen molar-refractivity contribution in [2.24, 2.45) is 0 Å². The second-order valence-corrected chi connectivity index (χ2v) is 8.27. The summed E-state index contributed by atoms with van der Waals surface area (Å²) in [4.78, 5) is 15.6. The summed E-state index contributed by atoms with van der Waals surface area (Å²) in [6, 6.07) is 9.91. The number of carbonyl (C=O) groups is 1. The van der Waals surface area contributed by atoms with Crippen LogP contribution in [0.2, 0.25) is 0 Å². The predicted molar refractivity (Wildman–Crippen MR) is 120 cm³/mol. The number of nitrogens with zero attached hydrogens (tertiary/aromatic N) is 2. The maximum atomic E-state index is 11.8. The van der Waals surface area contributed by atoms with Crippen LogP contribution in [0.1, 0.15) is 63.9 Å². The van der Waals surface area contributed by atoms with Crippen molar-refractivity contribution in [3.8, 4) is 0 Å². The molecule has 1 fully saturated rings. The number of amides is 1. The number of likely N-dealkylation sites (N-methyl/N-ethyl adjacent to an activating group) is 1. The second-order valence-electron chi connectivity index (χ2n) is 8.27. The van der Waals surface area contributed by atoms with Crippen LogP contribution in [0.5, 0.6) is 0 Å². The Labute approximate surface area is 181 Å². The fourth-order valence-electron chi connectivity index (χ4n) is 4.27. The molecule has 0 bridgehead atoms. The van der Waals surface area contributed by atoms with Crippen LogP contribution in [0, 0.1) is 0 Å². The average Bonchev–Trinajstić information content (AvgIpc) is 2.77. The van der Waals surface area contributed by atoms with E-state index in [4.69, 9.17) is 9.84 Å². The molecule has 0 spiro atoms. The molecular formula is C24H40N2O4. The van der Waals surface area contributed by atoms with Gasteiger partial charge in [-0.15, -0.1) is 0 Å². The van der Waals surface area contributed by atoms with Crippen molar-refractivity contribution in [3.05, 3.63) is 35.9 Å². The first-order valence-electron chi connectivity index (χ1n) is 11.6. The Hall–Kier alpha value is -1.63. The molecule has 30 heavy (non-hydrogen) atoms. The summed E-state index contributed by atoms with van der Waals surface area (Å²) >= 11 is 0. The van der Waals surface area contributed by atoms with Gasteiger partial charge >= 0.3 is 6.09 Å². The SMILES string of the molecule is CCN(CCO)CCCCCCOC1CCC(N(Cc2ccccc2)C(=O)O)CC1. The van der Waals surface area contributed by atoms with E-state index in [1.54, 1.807) is 4.90 Å². The molecule has 1 amide bonds. The summed E-state index contributed by atoms with van der Waals surface area (Å²) in [5, 5.41) is 18.7. The van der Waals surface area contributed by atoms with E-state index < -0.39 is 6.09 Å². The molecule has 170 valence electrons. The van der Waals surface area contributed by atoms with E-state index in [-0.39, 0.29) is 18.8 Å². The standard InChI is InChI=1S/C24H40N2O4/c1-2-25(17-18-27)16-8-3-4-9-19-30-23-14-12-22(13-15-23)26(24(28)29)20-21-10-6-5-7-11-21/h5-7,10-11,22-23,27H,2-4,8-9,12-20H2,1H3,(H,28,29). The minimum atomic E-state index is -0.830. The van der Waals surface area contributed by atoms with Crippen molar-refractivity contribution in [2.75, 3.05) is 32.8 Å². The lowest BCUT2D eigenvalue weighted by Crippen LogP contribution is -2.42. The summed E-state index contributed by atoms with van der Waals surface area (Å²) < 4.78 is 6.07. The van der Waals surface area contributed by atoms with Gasteiger partial charge in [-0.25, -0.2) is 4.79 Å². The summed E-state index contributed by atoms with van der Waals surface area (Å²) in [6.07, 6.45) is 7.71. The molecule has 2 rings (SSSR count). The number of aliphatic hydroxyl groups excluding tert-OH is 1. The van der Waals surface area contributed by atoms with Crippen LogP contribution in [-0.2, 0) is 11.3 Å². The number of hydrogen-bond donors (Lipinski definition) is 2. The zero-order chi connectivity index (χ0) is 21.6. The van der Waals surface area contributed by atoms with Gasteiger partial charge in [0.2, 0.25) is 0 Å². The van der Waals surface area contributed by atoms with Gasteiger partial charge in [-0.2, -0.15) is 0 Å². The van der Waals surface area contributed by atoms with E-state index in [1.165, 1.54) is 19.3 Å². The minimum absolute atomic E-state index is 0.0861. The maximum Gasteiger partial charge on any atom is 0.407 e. The van der Waals surface area contributed by atoms with Gasteiger partial charge in [-0.3, -0.25) is 0 Å². The van der Waals surface area contributed by atoms with Gasteiger partial charge in [0.25, 0.3) is 0 Å². The molecule has 2 N–H and O–H groups in total. The van der Waals surface area contributed by atoms with Crippen molar-refractivity contribution in [2.45, 2.75) is 77.0 Å². The lowest BCUT2D eigenvalue weighted by Gasteiger charge is -2.35. The highest BCUT2D eigenvalue weighted by molar-refractivity contribution is 5.65. The molecule has 6 nitrogen and oxygen atoms in total. The van der Waals surface area contributed by atoms with Gasteiger partial charge in [0.15, 0.2) is 0 Å². The van der Waals surface area contributed by atoms with E-state index in [0.717, 1.165) is 63.9 Å². The third kappa shape index (κ3) is 9.02. The first-order valence-corrected chi connectivity index (χ1v) is 11.6. The Bertz CT molecular complexity index is 576. The molecule has 1 aromatic rings. The van der Waals surface area contributed by atoms with Crippen molar-refractivity contribution in [1.29, 1.82) is 0 Å². The van der Waals surface area contributed by atoms with Crippen molar-refractivity contribution in [3.63, 3.8) is 0 Å². The number of aliphatic hydroxyl groups is 1. The number of unbranched alkanes of at least 4 members (excludes halogenated alkanes) is 3. The Morgan fingerprint density at radius 2 is 1.73 bits per heavy atom. The summed E-state index contributed by atoms with van der Waals surface area (Å²) in [6.45, 7) is 6.46. The smallest absolute Gasteiger partial charge is 0.407 e. The number of benzene rings is 1. The molecule has 0 radical (unpaired) electrons. The normalized spacial score (nSPS) is 19.2. The van der Waals surface area contributed by atoms with Gasteiger partial charge in [0.05, 0.1) is 12.7 Å². The minimum Gasteiger partial charge on any atom is -0.465 e. The van der Waals surface area contributed by atoms with Crippen molar-refractivity contribution < 1.29 is 19.7 Å². The van der Waals surface area contributed by atoms with Crippen LogP contribution < -0.4 is 0 Å². The largest absolute Gasteiger partial charge is 0.465 e. The van der Waals surface area contributed by atoms with Crippen molar-refractivity contribution in [1.82, 2.24) is 9.80 Å². The molecular weight excluding hydrogens is 380 g/mol. The zero-order valence-electron chi connectivity index (χ0n) is 18.5. The van der Waals surface area contributed by atoms with E-state index in [9.17, 15) is 9.90 Å². The van der Waals surface area contributed by atoms with E-state index in [0.29, 0.717) is 6.54 Å². The van der Waals surface area contributed by atoms with Gasteiger partial charge in [0, 0.05) is 25.7 Å². The molecule has 1 aliphatic carbocycles. The Kier molecular flexibility index (Phi) is 11.8. The summed E-state index contributed by atoms with van der Waals surface area (Å²) in [7, 11) is 0. The fourth-order valence-corrected chi connectivity index (χ4v) is 4.27. The zero-order valence-corrected chi connectivity index (χ0v) is 18.5. The quantitative estimate of drug-likeness (QED) is 0.437. The Morgan fingerprint density at radius 1 is 1.03 bits per heavy atom. The molecule has 0 atom stereocenters. The van der Waals surface area contributed by atoms with Gasteiger partial charge < -0.3 is 24.7 Å². The van der Waals surface area contributed by atoms with Crippen LogP contribution in [0.15, 0.2) is 30.3 Å². The second kappa shape index (κ2) is 14.4. The monoisotopic (exact) mass is 420 g/mol. The van der Waals surface area contributed by atoms with Crippen LogP contribution in [0.4, 0.5) is 4.79 Å². The first kappa shape index (κ1) is 24.6. The molecule has 0 aromatic heterocycles. The van der Waals surface area contributed by atoms with Crippen LogP contribution in [-0.4, -0.2) is 71.1 Å². The van der Waals surface area contributed by atoms with Crippen LogP contribution in [0.3, 0.4) is 0 Å². The lowest BCUT2D eigenvalue weighted by molar-refractivity contribution is 0.00598. The highest BCUT2D eigenvalue weighted by atomic mass is 16.5. The van der Waals surface area contributed by atoms with Gasteiger partial charge in [0.1, 0.15) is 0 Å². The van der Waals surface area contributed by atoms with Gasteiger partial charge in [-0.05, 0) is 57.2 Å². The number of ether oxygens (including phenoxy) is 1. The highest BCUT2D eigenvalue weighted by Crippen LogP contribution is 2.26. The molecule has 0 unspecified atom stereocenters. The maximum absolute atomic E-state index is 11.8. The molecule has 6 heteroatoms. The Balaban J connectivity index is 1.58. The molecule has 1 saturated carbocycles. The molecule has 1 aliphatic rings. The van der Waals surface area contributed by atoms with Crippen molar-refractivity contribution >= 4 is 6.09 Å². The van der Waals surface area contributed by atoms with E-state index in [2.05, 4.69) is 11.8 Å². The molecule has 1 aromatic carbocycles.